The molecule has 2 atom stereocenters. The van der Waals surface area contributed by atoms with Crippen LogP contribution in [0.2, 0.25) is 0 Å². The second-order valence-corrected chi connectivity index (χ2v) is 10.1. The molecule has 2 aliphatic heterocycles. The van der Waals surface area contributed by atoms with Crippen molar-refractivity contribution < 1.29 is 18.7 Å². The Kier molecular flexibility index (Phi) is 5.90. The Bertz CT molecular complexity index is 1510. The quantitative estimate of drug-likeness (QED) is 0.365. The normalized spacial score (nSPS) is 21.4. The maximum absolute atomic E-state index is 14.6. The highest BCUT2D eigenvalue weighted by Crippen LogP contribution is 2.39. The summed E-state index contributed by atoms with van der Waals surface area (Å²) in [6.07, 6.45) is 6.51. The Morgan fingerprint density at radius 1 is 1.16 bits per heavy atom. The molecule has 1 amide bonds. The number of β-amino-alcohol motifs (C(OH)–C–C–N with tert-alkyl or cyclic N) is 1. The van der Waals surface area contributed by atoms with Gasteiger partial charge in [0.2, 0.25) is 0 Å². The number of aromatic amines is 1. The fourth-order valence-electron chi connectivity index (χ4n) is 5.23. The molecule has 3 aromatic heterocycles. The van der Waals surface area contributed by atoms with Gasteiger partial charge in [-0.2, -0.15) is 5.10 Å². The Hall–Kier alpha value is -4.19. The number of pyridine rings is 1. The molecule has 2 fully saturated rings. The maximum Gasteiger partial charge on any atom is 0.275 e. The first-order valence-electron chi connectivity index (χ1n) is 12.4. The number of fused-ring (bicyclic) bond motifs is 1. The van der Waals surface area contributed by atoms with Crippen LogP contribution in [-0.2, 0) is 0 Å². The van der Waals surface area contributed by atoms with Gasteiger partial charge >= 0.3 is 0 Å². The first-order valence-corrected chi connectivity index (χ1v) is 12.4. The minimum absolute atomic E-state index is 0.133. The number of rotatable bonds is 5. The zero-order valence-corrected chi connectivity index (χ0v) is 20.7. The lowest BCUT2D eigenvalue weighted by Crippen LogP contribution is -2.30. The minimum Gasteiger partial charge on any atom is -0.388 e. The Labute approximate surface area is 216 Å². The first-order chi connectivity index (χ1) is 18.3. The molecule has 2 aliphatic rings. The second kappa shape index (κ2) is 9.28. The summed E-state index contributed by atoms with van der Waals surface area (Å²) < 4.78 is 28.4. The van der Waals surface area contributed by atoms with Crippen LogP contribution >= 0.6 is 0 Å². The zero-order valence-electron chi connectivity index (χ0n) is 20.7. The molecular formula is C26H26F2N8O2. The Balaban J connectivity index is 1.22. The predicted molar refractivity (Wildman–Crippen MR) is 137 cm³/mol. The third-order valence-electron chi connectivity index (χ3n) is 7.14. The summed E-state index contributed by atoms with van der Waals surface area (Å²) in [5, 5.41) is 20.9. The number of H-pyrrole nitrogens is 1. The van der Waals surface area contributed by atoms with Crippen molar-refractivity contribution in [1.29, 1.82) is 0 Å². The molecule has 0 radical (unpaired) electrons. The van der Waals surface area contributed by atoms with Crippen LogP contribution in [-0.4, -0.2) is 61.4 Å². The second-order valence-electron chi connectivity index (χ2n) is 10.1. The molecule has 196 valence electrons. The molecule has 1 aromatic carbocycles. The van der Waals surface area contributed by atoms with Crippen molar-refractivity contribution in [3.8, 4) is 0 Å². The van der Waals surface area contributed by atoms with Crippen molar-refractivity contribution >= 4 is 34.3 Å². The van der Waals surface area contributed by atoms with Crippen LogP contribution < -0.4 is 15.1 Å². The third kappa shape index (κ3) is 4.51. The summed E-state index contributed by atoms with van der Waals surface area (Å²) in [4.78, 5) is 29.7. The molecule has 2 saturated heterocycles. The topological polar surface area (TPSA) is 123 Å². The fraction of sp³-hybridized carbons (Fsp3) is 0.346. The van der Waals surface area contributed by atoms with Gasteiger partial charge in [0.1, 0.15) is 23.1 Å². The monoisotopic (exact) mass is 520 g/mol. The highest BCUT2D eigenvalue weighted by atomic mass is 19.1. The van der Waals surface area contributed by atoms with Crippen LogP contribution in [0.3, 0.4) is 0 Å². The number of benzene rings is 1. The molecule has 4 aromatic rings. The van der Waals surface area contributed by atoms with E-state index in [9.17, 15) is 18.7 Å². The molecule has 0 bridgehead atoms. The number of aliphatic hydroxyl groups is 1. The van der Waals surface area contributed by atoms with E-state index in [-0.39, 0.29) is 17.3 Å². The lowest BCUT2D eigenvalue weighted by molar-refractivity contribution is 0.0838. The van der Waals surface area contributed by atoms with Gasteiger partial charge in [0.15, 0.2) is 11.5 Å². The summed E-state index contributed by atoms with van der Waals surface area (Å²) in [6, 6.07) is 4.85. The van der Waals surface area contributed by atoms with Crippen molar-refractivity contribution in [2.75, 3.05) is 34.8 Å². The van der Waals surface area contributed by atoms with Gasteiger partial charge in [-0.3, -0.25) is 9.89 Å². The number of carbonyl (C=O) groups is 1. The number of nitrogens with zero attached hydrogens (tertiary/aromatic N) is 6. The molecule has 1 unspecified atom stereocenters. The number of nitrogens with one attached hydrogen (secondary N) is 2. The molecule has 5 heterocycles. The van der Waals surface area contributed by atoms with Gasteiger partial charge in [-0.15, -0.1) is 0 Å². The van der Waals surface area contributed by atoms with Crippen molar-refractivity contribution in [3.63, 3.8) is 0 Å². The van der Waals surface area contributed by atoms with E-state index in [1.54, 1.807) is 13.0 Å². The summed E-state index contributed by atoms with van der Waals surface area (Å²) in [5.41, 5.74) is 0.591. The van der Waals surface area contributed by atoms with E-state index in [1.807, 2.05) is 9.80 Å². The van der Waals surface area contributed by atoms with E-state index in [4.69, 9.17) is 0 Å². The standard InChI is InChI=1S/C26H26F2N8O2/c1-26(38)6-8-35(14-26)22-13-29-20(12-30-22)25(37)32-16-10-18-23(31-11-16)33-34-24(18)36-7-2-3-21(36)17-9-15(27)4-5-19(17)28/h4-5,9-13,21,38H,2-3,6-8,14H2,1H3,(H,32,37)(H,31,33,34)/t21-,26?/m1/s1. The fourth-order valence-corrected chi connectivity index (χ4v) is 5.23. The molecular weight excluding hydrogens is 494 g/mol. The molecule has 0 spiro atoms. The summed E-state index contributed by atoms with van der Waals surface area (Å²) in [7, 11) is 0. The van der Waals surface area contributed by atoms with Gasteiger partial charge in [0.25, 0.3) is 5.91 Å². The summed E-state index contributed by atoms with van der Waals surface area (Å²) >= 11 is 0. The van der Waals surface area contributed by atoms with E-state index in [0.717, 1.165) is 18.6 Å². The van der Waals surface area contributed by atoms with Gasteiger partial charge in [-0.25, -0.2) is 23.7 Å². The number of anilines is 3. The molecule has 12 heteroatoms. The predicted octanol–water partition coefficient (Wildman–Crippen LogP) is 3.58. The van der Waals surface area contributed by atoms with Crippen molar-refractivity contribution in [2.45, 2.75) is 37.8 Å². The highest BCUT2D eigenvalue weighted by molar-refractivity contribution is 6.04. The number of amides is 1. The Morgan fingerprint density at radius 3 is 2.79 bits per heavy atom. The number of carbonyl (C=O) groups excluding carboxylic acids is 1. The molecule has 10 nitrogen and oxygen atoms in total. The molecule has 3 N–H and O–H groups in total. The number of aromatic nitrogens is 5. The molecule has 6 rings (SSSR count). The van der Waals surface area contributed by atoms with Gasteiger partial charge in [-0.05, 0) is 50.5 Å². The molecule has 38 heavy (non-hydrogen) atoms. The Morgan fingerprint density at radius 2 is 2.03 bits per heavy atom. The van der Waals surface area contributed by atoms with E-state index in [1.165, 1.54) is 24.7 Å². The van der Waals surface area contributed by atoms with Crippen LogP contribution in [0, 0.1) is 11.6 Å². The maximum atomic E-state index is 14.6. The lowest BCUT2D eigenvalue weighted by Gasteiger charge is -2.25. The summed E-state index contributed by atoms with van der Waals surface area (Å²) in [6.45, 7) is 3.51. The van der Waals surface area contributed by atoms with E-state index < -0.39 is 23.1 Å². The van der Waals surface area contributed by atoms with Crippen LogP contribution in [0.5, 0.6) is 0 Å². The molecule has 0 aliphatic carbocycles. The number of hydrogen-bond donors (Lipinski definition) is 3. The average Bonchev–Trinajstić information content (AvgIpc) is 3.63. The van der Waals surface area contributed by atoms with Crippen LogP contribution in [0.4, 0.5) is 26.1 Å². The van der Waals surface area contributed by atoms with E-state index in [2.05, 4.69) is 30.5 Å². The van der Waals surface area contributed by atoms with Gasteiger partial charge in [0.05, 0.1) is 41.3 Å². The van der Waals surface area contributed by atoms with Gasteiger partial charge in [-0.1, -0.05) is 0 Å². The van der Waals surface area contributed by atoms with Crippen LogP contribution in [0.25, 0.3) is 11.0 Å². The SMILES string of the molecule is CC1(O)CCN(c2cnc(C(=O)Nc3cnc4[nH]nc(N5CCC[C@@H]5c5cc(F)ccc5F)c4c3)cn2)C1. The smallest absolute Gasteiger partial charge is 0.275 e. The largest absolute Gasteiger partial charge is 0.388 e. The highest BCUT2D eigenvalue weighted by Gasteiger charge is 2.33. The van der Waals surface area contributed by atoms with Gasteiger partial charge < -0.3 is 20.2 Å². The minimum atomic E-state index is -0.768. The number of halogens is 2. The van der Waals surface area contributed by atoms with Crippen molar-refractivity contribution in [1.82, 2.24) is 25.1 Å². The lowest BCUT2D eigenvalue weighted by atomic mass is 10.0. The van der Waals surface area contributed by atoms with Crippen molar-refractivity contribution in [2.24, 2.45) is 0 Å². The van der Waals surface area contributed by atoms with Crippen LogP contribution in [0.1, 0.15) is 48.3 Å². The number of hydrogen-bond acceptors (Lipinski definition) is 8. The third-order valence-corrected chi connectivity index (χ3v) is 7.14. The van der Waals surface area contributed by atoms with E-state index in [0.29, 0.717) is 60.8 Å². The van der Waals surface area contributed by atoms with Crippen LogP contribution in [0.15, 0.2) is 42.9 Å². The van der Waals surface area contributed by atoms with E-state index >= 15 is 0 Å². The van der Waals surface area contributed by atoms with Gasteiger partial charge in [0, 0.05) is 25.2 Å². The van der Waals surface area contributed by atoms with Crippen molar-refractivity contribution in [3.05, 3.63) is 65.7 Å². The zero-order chi connectivity index (χ0) is 26.4. The average molecular weight is 521 g/mol. The summed E-state index contributed by atoms with van der Waals surface area (Å²) in [5.74, 6) is -0.253. The molecule has 0 saturated carbocycles. The first kappa shape index (κ1) is 24.2.